The molecule has 0 unspecified atom stereocenters. The van der Waals surface area contributed by atoms with Gasteiger partial charge in [-0.1, -0.05) is 51.1 Å². The minimum absolute atomic E-state index is 0.0201. The van der Waals surface area contributed by atoms with Gasteiger partial charge in [-0.05, 0) is 47.1 Å². The third-order valence-corrected chi connectivity index (χ3v) is 6.10. The van der Waals surface area contributed by atoms with Crippen LogP contribution in [0.2, 0.25) is 0 Å². The van der Waals surface area contributed by atoms with Crippen LogP contribution in [0.5, 0.6) is 5.75 Å². The second-order valence-corrected chi connectivity index (χ2v) is 10.7. The summed E-state index contributed by atoms with van der Waals surface area (Å²) in [5, 5.41) is 3.06. The number of methoxy groups -OCH3 is 1. The number of nitrogens with one attached hydrogen (secondary N) is 2. The van der Waals surface area contributed by atoms with E-state index < -0.39 is 15.4 Å². The van der Waals surface area contributed by atoms with Crippen molar-refractivity contribution < 1.29 is 17.9 Å². The molecular weight excluding hydrogens is 400 g/mol. The largest absolute Gasteiger partial charge is 0.495 e. The molecule has 0 bridgehead atoms. The van der Waals surface area contributed by atoms with Gasteiger partial charge in [0.25, 0.3) is 0 Å². The van der Waals surface area contributed by atoms with Crippen LogP contribution < -0.4 is 14.8 Å². The highest BCUT2D eigenvalue weighted by Crippen LogP contribution is 2.50. The summed E-state index contributed by atoms with van der Waals surface area (Å²) in [6.07, 6.45) is 2.60. The molecule has 0 radical (unpaired) electrons. The van der Waals surface area contributed by atoms with E-state index in [1.54, 1.807) is 18.2 Å². The van der Waals surface area contributed by atoms with Crippen molar-refractivity contribution in [1.82, 2.24) is 5.32 Å². The number of hydrogen-bond acceptors (Lipinski definition) is 4. The molecule has 0 atom stereocenters. The highest BCUT2D eigenvalue weighted by atomic mass is 32.2. The highest BCUT2D eigenvalue weighted by molar-refractivity contribution is 7.92. The van der Waals surface area contributed by atoms with E-state index in [9.17, 15) is 13.2 Å². The van der Waals surface area contributed by atoms with Gasteiger partial charge < -0.3 is 10.1 Å². The molecule has 0 heterocycles. The second-order valence-electron chi connectivity index (χ2n) is 9.00. The van der Waals surface area contributed by atoms with E-state index in [4.69, 9.17) is 4.74 Å². The Labute approximate surface area is 179 Å². The molecule has 2 aromatic rings. The van der Waals surface area contributed by atoms with E-state index in [1.807, 2.05) is 0 Å². The Kier molecular flexibility index (Phi) is 5.87. The fourth-order valence-electron chi connectivity index (χ4n) is 3.52. The maximum absolute atomic E-state index is 13.0. The number of carbonyl (C=O) groups is 1. The van der Waals surface area contributed by atoms with Crippen molar-refractivity contribution in [3.63, 3.8) is 0 Å². The van der Waals surface area contributed by atoms with Crippen LogP contribution in [0.4, 0.5) is 5.69 Å². The van der Waals surface area contributed by atoms with E-state index in [2.05, 4.69) is 55.1 Å². The third-order valence-electron chi connectivity index (χ3n) is 5.51. The molecule has 30 heavy (non-hydrogen) atoms. The molecule has 1 fully saturated rings. The first-order valence-corrected chi connectivity index (χ1v) is 11.9. The molecule has 0 aromatic heterocycles. The van der Waals surface area contributed by atoms with Crippen LogP contribution in [0.15, 0.2) is 42.5 Å². The van der Waals surface area contributed by atoms with E-state index in [0.29, 0.717) is 18.0 Å². The fourth-order valence-corrected chi connectivity index (χ4v) is 4.09. The van der Waals surface area contributed by atoms with E-state index in [0.717, 1.165) is 30.2 Å². The van der Waals surface area contributed by atoms with Crippen molar-refractivity contribution in [1.29, 1.82) is 0 Å². The number of ether oxygens (including phenoxy) is 1. The van der Waals surface area contributed by atoms with Crippen LogP contribution in [-0.2, 0) is 32.2 Å². The van der Waals surface area contributed by atoms with Gasteiger partial charge in [-0.2, -0.15) is 0 Å². The standard InChI is InChI=1S/C23H30N2O4S/c1-22(2,3)17-8-6-16(7-9-17)15-24-21(26)23(12-13-23)18-10-11-19(20(14-18)29-4)25-30(5,27)28/h6-11,14,25H,12-13,15H2,1-5H3,(H,24,26). The molecular formula is C23H30N2O4S. The summed E-state index contributed by atoms with van der Waals surface area (Å²) >= 11 is 0. The first-order valence-electron chi connectivity index (χ1n) is 9.99. The van der Waals surface area contributed by atoms with Crippen LogP contribution in [0.25, 0.3) is 0 Å². The predicted octanol–water partition coefficient (Wildman–Crippen LogP) is 3.71. The Morgan fingerprint density at radius 2 is 1.73 bits per heavy atom. The summed E-state index contributed by atoms with van der Waals surface area (Å²) in [6, 6.07) is 13.5. The van der Waals surface area contributed by atoms with Crippen molar-refractivity contribution in [2.24, 2.45) is 0 Å². The average molecular weight is 431 g/mol. The molecule has 162 valence electrons. The van der Waals surface area contributed by atoms with Gasteiger partial charge in [0.15, 0.2) is 0 Å². The molecule has 3 rings (SSSR count). The summed E-state index contributed by atoms with van der Waals surface area (Å²) in [6.45, 7) is 6.98. The van der Waals surface area contributed by atoms with Crippen molar-refractivity contribution in [3.05, 3.63) is 59.2 Å². The lowest BCUT2D eigenvalue weighted by Gasteiger charge is -2.20. The van der Waals surface area contributed by atoms with Crippen molar-refractivity contribution in [2.45, 2.75) is 51.0 Å². The number of sulfonamides is 1. The Bertz CT molecular complexity index is 1030. The molecule has 6 nitrogen and oxygen atoms in total. The Balaban J connectivity index is 1.72. The summed E-state index contributed by atoms with van der Waals surface area (Å²) in [7, 11) is -1.94. The number of amides is 1. The summed E-state index contributed by atoms with van der Waals surface area (Å²) in [4.78, 5) is 13.0. The molecule has 0 spiro atoms. The minimum Gasteiger partial charge on any atom is -0.495 e. The van der Waals surface area contributed by atoms with Crippen LogP contribution >= 0.6 is 0 Å². The van der Waals surface area contributed by atoms with Crippen LogP contribution in [-0.4, -0.2) is 27.7 Å². The maximum Gasteiger partial charge on any atom is 0.230 e. The zero-order valence-electron chi connectivity index (χ0n) is 18.2. The lowest BCUT2D eigenvalue weighted by atomic mass is 9.87. The van der Waals surface area contributed by atoms with Gasteiger partial charge in [0, 0.05) is 6.54 Å². The Hall–Kier alpha value is -2.54. The lowest BCUT2D eigenvalue weighted by Crippen LogP contribution is -2.34. The summed E-state index contributed by atoms with van der Waals surface area (Å²) < 4.78 is 30.9. The highest BCUT2D eigenvalue weighted by Gasteiger charge is 2.51. The minimum atomic E-state index is -3.42. The number of rotatable bonds is 7. The third kappa shape index (κ3) is 4.95. The zero-order valence-corrected chi connectivity index (χ0v) is 19.0. The smallest absolute Gasteiger partial charge is 0.230 e. The van der Waals surface area contributed by atoms with E-state index in [1.165, 1.54) is 12.7 Å². The monoisotopic (exact) mass is 430 g/mol. The average Bonchev–Trinajstić information content (AvgIpc) is 3.47. The summed E-state index contributed by atoms with van der Waals surface area (Å²) in [5.74, 6) is 0.378. The van der Waals surface area contributed by atoms with E-state index in [-0.39, 0.29) is 11.3 Å². The van der Waals surface area contributed by atoms with Gasteiger partial charge in [-0.3, -0.25) is 9.52 Å². The first-order chi connectivity index (χ1) is 13.9. The molecule has 2 N–H and O–H groups in total. The Morgan fingerprint density at radius 3 is 2.23 bits per heavy atom. The van der Waals surface area contributed by atoms with Crippen LogP contribution in [0.3, 0.4) is 0 Å². The summed E-state index contributed by atoms with van der Waals surface area (Å²) in [5.41, 5.74) is 3.01. The second kappa shape index (κ2) is 7.95. The lowest BCUT2D eigenvalue weighted by molar-refractivity contribution is -0.123. The molecule has 7 heteroatoms. The molecule has 2 aromatic carbocycles. The fraction of sp³-hybridized carbons (Fsp3) is 0.435. The molecule has 1 amide bonds. The Morgan fingerprint density at radius 1 is 1.10 bits per heavy atom. The SMILES string of the molecule is COc1cc(C2(C(=O)NCc3ccc(C(C)(C)C)cc3)CC2)ccc1NS(C)(=O)=O. The normalized spacial score (nSPS) is 15.4. The van der Waals surface area contributed by atoms with Crippen molar-refractivity contribution in [2.75, 3.05) is 18.1 Å². The molecule has 0 aliphatic heterocycles. The molecule has 1 saturated carbocycles. The van der Waals surface area contributed by atoms with Crippen molar-refractivity contribution in [3.8, 4) is 5.75 Å². The van der Waals surface area contributed by atoms with Gasteiger partial charge in [0.2, 0.25) is 15.9 Å². The van der Waals surface area contributed by atoms with Crippen LogP contribution in [0, 0.1) is 0 Å². The predicted molar refractivity (Wildman–Crippen MR) is 119 cm³/mol. The van der Waals surface area contributed by atoms with Gasteiger partial charge in [0.05, 0.1) is 24.5 Å². The zero-order chi connectivity index (χ0) is 22.2. The van der Waals surface area contributed by atoms with Crippen molar-refractivity contribution >= 4 is 21.6 Å². The maximum atomic E-state index is 13.0. The molecule has 0 saturated heterocycles. The molecule has 1 aliphatic rings. The van der Waals surface area contributed by atoms with Gasteiger partial charge >= 0.3 is 0 Å². The van der Waals surface area contributed by atoms with Gasteiger partial charge in [0.1, 0.15) is 5.75 Å². The number of anilines is 1. The molecule has 1 aliphatic carbocycles. The number of hydrogen-bond donors (Lipinski definition) is 2. The topological polar surface area (TPSA) is 84.5 Å². The van der Waals surface area contributed by atoms with Crippen LogP contribution in [0.1, 0.15) is 50.3 Å². The van der Waals surface area contributed by atoms with E-state index >= 15 is 0 Å². The number of carbonyl (C=O) groups excluding carboxylic acids is 1. The first kappa shape index (κ1) is 22.2. The van der Waals surface area contributed by atoms with Gasteiger partial charge in [-0.25, -0.2) is 8.42 Å². The quantitative estimate of drug-likeness (QED) is 0.701. The number of benzene rings is 2. The van der Waals surface area contributed by atoms with Gasteiger partial charge in [-0.15, -0.1) is 0 Å².